The lowest BCUT2D eigenvalue weighted by Crippen LogP contribution is -2.45. The lowest BCUT2D eigenvalue weighted by molar-refractivity contribution is 0.0768. The SMILES string of the molecule is CCOC(=O)N1CCC(CCCC#N)CC1C#N. The fourth-order valence-corrected chi connectivity index (χ4v) is 2.32. The molecule has 1 saturated heterocycles. The summed E-state index contributed by atoms with van der Waals surface area (Å²) in [5.74, 6) is 0.439. The van der Waals surface area contributed by atoms with Crippen LogP contribution < -0.4 is 0 Å². The highest BCUT2D eigenvalue weighted by atomic mass is 16.6. The first-order valence-corrected chi connectivity index (χ1v) is 6.42. The van der Waals surface area contributed by atoms with E-state index in [9.17, 15) is 4.79 Å². The zero-order chi connectivity index (χ0) is 13.4. The first kappa shape index (κ1) is 14.3. The van der Waals surface area contributed by atoms with Gasteiger partial charge in [0.15, 0.2) is 0 Å². The zero-order valence-electron chi connectivity index (χ0n) is 10.8. The third kappa shape index (κ3) is 3.92. The van der Waals surface area contributed by atoms with E-state index in [0.29, 0.717) is 31.9 Å². The maximum atomic E-state index is 11.6. The highest BCUT2D eigenvalue weighted by molar-refractivity contribution is 5.68. The molecular formula is C13H19N3O2. The van der Waals surface area contributed by atoms with Crippen LogP contribution in [0.1, 0.15) is 39.0 Å². The second-order valence-electron chi connectivity index (χ2n) is 4.48. The van der Waals surface area contributed by atoms with E-state index in [2.05, 4.69) is 12.1 Å². The molecule has 1 rings (SSSR count). The van der Waals surface area contributed by atoms with Crippen LogP contribution in [0.15, 0.2) is 0 Å². The molecule has 5 heteroatoms. The molecule has 0 radical (unpaired) electrons. The van der Waals surface area contributed by atoms with Crippen LogP contribution in [-0.2, 0) is 4.74 Å². The summed E-state index contributed by atoms with van der Waals surface area (Å²) in [4.78, 5) is 13.2. The number of ether oxygens (including phenoxy) is 1. The molecule has 0 aromatic heterocycles. The van der Waals surface area contributed by atoms with E-state index in [4.69, 9.17) is 15.3 Å². The Balaban J connectivity index is 2.47. The lowest BCUT2D eigenvalue weighted by atomic mass is 9.87. The van der Waals surface area contributed by atoms with Gasteiger partial charge in [-0.2, -0.15) is 10.5 Å². The predicted octanol–water partition coefficient (Wildman–Crippen LogP) is 2.44. The number of nitrogens with zero attached hydrogens (tertiary/aromatic N) is 3. The van der Waals surface area contributed by atoms with Crippen LogP contribution in [0.25, 0.3) is 0 Å². The zero-order valence-corrected chi connectivity index (χ0v) is 10.8. The highest BCUT2D eigenvalue weighted by Gasteiger charge is 2.32. The van der Waals surface area contributed by atoms with Gasteiger partial charge >= 0.3 is 6.09 Å². The topological polar surface area (TPSA) is 77.1 Å². The van der Waals surface area contributed by atoms with Gasteiger partial charge in [-0.1, -0.05) is 0 Å². The van der Waals surface area contributed by atoms with E-state index < -0.39 is 0 Å². The maximum Gasteiger partial charge on any atom is 0.410 e. The molecule has 98 valence electrons. The fourth-order valence-electron chi connectivity index (χ4n) is 2.32. The van der Waals surface area contributed by atoms with Crippen molar-refractivity contribution >= 4 is 6.09 Å². The first-order chi connectivity index (χ1) is 8.72. The third-order valence-electron chi connectivity index (χ3n) is 3.26. The van der Waals surface area contributed by atoms with Crippen LogP contribution in [0.2, 0.25) is 0 Å². The van der Waals surface area contributed by atoms with Gasteiger partial charge in [-0.3, -0.25) is 4.90 Å². The number of hydrogen-bond donors (Lipinski definition) is 0. The minimum absolute atomic E-state index is 0.332. The molecule has 0 spiro atoms. The molecule has 18 heavy (non-hydrogen) atoms. The molecule has 1 amide bonds. The Labute approximate surface area is 108 Å². The molecule has 0 aromatic rings. The molecular weight excluding hydrogens is 230 g/mol. The van der Waals surface area contributed by atoms with Crippen molar-refractivity contribution in [2.75, 3.05) is 13.2 Å². The Kier molecular flexibility index (Phi) is 6.00. The van der Waals surface area contributed by atoms with Crippen LogP contribution in [0.5, 0.6) is 0 Å². The molecule has 0 bridgehead atoms. The summed E-state index contributed by atoms with van der Waals surface area (Å²) in [6.45, 7) is 2.67. The largest absolute Gasteiger partial charge is 0.450 e. The van der Waals surface area contributed by atoms with Crippen molar-refractivity contribution in [2.45, 2.75) is 45.1 Å². The van der Waals surface area contributed by atoms with Gasteiger partial charge in [0, 0.05) is 13.0 Å². The smallest absolute Gasteiger partial charge is 0.410 e. The standard InChI is InChI=1S/C13H19N3O2/c1-2-18-13(17)16-8-6-11(5-3-4-7-14)9-12(16)10-15/h11-12H,2-6,8-9H2,1H3. The summed E-state index contributed by atoms with van der Waals surface area (Å²) in [7, 11) is 0. The number of hydrogen-bond acceptors (Lipinski definition) is 4. The van der Waals surface area contributed by atoms with Gasteiger partial charge in [0.2, 0.25) is 0 Å². The lowest BCUT2D eigenvalue weighted by Gasteiger charge is -2.35. The number of piperidine rings is 1. The third-order valence-corrected chi connectivity index (χ3v) is 3.26. The normalized spacial score (nSPS) is 22.9. The molecule has 2 unspecified atom stereocenters. The monoisotopic (exact) mass is 249 g/mol. The summed E-state index contributed by atoms with van der Waals surface area (Å²) in [5, 5.41) is 17.6. The summed E-state index contributed by atoms with van der Waals surface area (Å²) in [6.07, 6.45) is 3.60. The minimum Gasteiger partial charge on any atom is -0.450 e. The number of rotatable bonds is 4. The van der Waals surface area contributed by atoms with E-state index in [1.165, 1.54) is 4.90 Å². The van der Waals surface area contributed by atoms with Gasteiger partial charge in [0.25, 0.3) is 0 Å². The van der Waals surface area contributed by atoms with Crippen molar-refractivity contribution in [3.8, 4) is 12.1 Å². The van der Waals surface area contributed by atoms with Gasteiger partial charge < -0.3 is 4.74 Å². The van der Waals surface area contributed by atoms with Crippen molar-refractivity contribution in [1.82, 2.24) is 4.90 Å². The van der Waals surface area contributed by atoms with Gasteiger partial charge in [0.05, 0.1) is 18.7 Å². The van der Waals surface area contributed by atoms with Crippen molar-refractivity contribution in [2.24, 2.45) is 5.92 Å². The van der Waals surface area contributed by atoms with E-state index in [1.807, 2.05) is 0 Å². The van der Waals surface area contributed by atoms with E-state index in [0.717, 1.165) is 19.3 Å². The molecule has 0 aliphatic carbocycles. The number of nitriles is 2. The molecule has 1 aliphatic rings. The maximum absolute atomic E-state index is 11.6. The Morgan fingerprint density at radius 2 is 2.28 bits per heavy atom. The van der Waals surface area contributed by atoms with Crippen molar-refractivity contribution in [3.05, 3.63) is 0 Å². The second-order valence-corrected chi connectivity index (χ2v) is 4.48. The average Bonchev–Trinajstić information content (AvgIpc) is 2.39. The van der Waals surface area contributed by atoms with Crippen molar-refractivity contribution in [3.63, 3.8) is 0 Å². The summed E-state index contributed by atoms with van der Waals surface area (Å²) in [5.41, 5.74) is 0. The summed E-state index contributed by atoms with van der Waals surface area (Å²) >= 11 is 0. The van der Waals surface area contributed by atoms with E-state index >= 15 is 0 Å². The molecule has 0 N–H and O–H groups in total. The van der Waals surface area contributed by atoms with Crippen LogP contribution in [0.4, 0.5) is 4.79 Å². The number of carbonyl (C=O) groups excluding carboxylic acids is 1. The quantitative estimate of drug-likeness (QED) is 0.717. The van der Waals surface area contributed by atoms with Crippen LogP contribution >= 0.6 is 0 Å². The summed E-state index contributed by atoms with van der Waals surface area (Å²) in [6, 6.07) is 3.92. The Morgan fingerprint density at radius 3 is 2.89 bits per heavy atom. The van der Waals surface area contributed by atoms with E-state index in [-0.39, 0.29) is 12.1 Å². The molecule has 5 nitrogen and oxygen atoms in total. The van der Waals surface area contributed by atoms with E-state index in [1.54, 1.807) is 6.92 Å². The number of unbranched alkanes of at least 4 members (excludes halogenated alkanes) is 1. The molecule has 2 atom stereocenters. The minimum atomic E-state index is -0.389. The Morgan fingerprint density at radius 1 is 1.50 bits per heavy atom. The average molecular weight is 249 g/mol. The molecule has 1 fully saturated rings. The second kappa shape index (κ2) is 7.55. The molecule has 1 aliphatic heterocycles. The first-order valence-electron chi connectivity index (χ1n) is 6.42. The molecule has 0 saturated carbocycles. The fraction of sp³-hybridized carbons (Fsp3) is 0.769. The molecule has 0 aromatic carbocycles. The predicted molar refractivity (Wildman–Crippen MR) is 65.3 cm³/mol. The van der Waals surface area contributed by atoms with Gasteiger partial charge in [-0.05, 0) is 38.5 Å². The van der Waals surface area contributed by atoms with Crippen LogP contribution in [-0.4, -0.2) is 30.2 Å². The van der Waals surface area contributed by atoms with Gasteiger partial charge in [0.1, 0.15) is 6.04 Å². The highest BCUT2D eigenvalue weighted by Crippen LogP contribution is 2.27. The number of amides is 1. The van der Waals surface area contributed by atoms with Crippen LogP contribution in [0, 0.1) is 28.6 Å². The Bertz CT molecular complexity index is 356. The Hall–Kier alpha value is -1.75. The van der Waals surface area contributed by atoms with Crippen molar-refractivity contribution in [1.29, 1.82) is 10.5 Å². The van der Waals surface area contributed by atoms with Gasteiger partial charge in [-0.15, -0.1) is 0 Å². The summed E-state index contributed by atoms with van der Waals surface area (Å²) < 4.78 is 4.94. The number of carbonyl (C=O) groups is 1. The molecule has 1 heterocycles. The van der Waals surface area contributed by atoms with Crippen LogP contribution in [0.3, 0.4) is 0 Å². The van der Waals surface area contributed by atoms with Gasteiger partial charge in [-0.25, -0.2) is 4.79 Å². The number of likely N-dealkylation sites (tertiary alicyclic amines) is 1. The van der Waals surface area contributed by atoms with Crippen molar-refractivity contribution < 1.29 is 9.53 Å².